The summed E-state index contributed by atoms with van der Waals surface area (Å²) in [5.74, 6) is 0.721. The Balaban J connectivity index is 0.00000208. The molecule has 2 bridgehead atoms. The van der Waals surface area contributed by atoms with Gasteiger partial charge in [-0.3, -0.25) is 4.79 Å². The molecule has 0 spiro atoms. The number of benzene rings is 1. The first-order valence-corrected chi connectivity index (χ1v) is 8.44. The maximum Gasteiger partial charge on any atom is 0.224 e. The van der Waals surface area contributed by atoms with Crippen LogP contribution in [0.4, 0.5) is 4.39 Å². The van der Waals surface area contributed by atoms with Gasteiger partial charge in [0.15, 0.2) is 11.6 Å². The predicted molar refractivity (Wildman–Crippen MR) is 93.9 cm³/mol. The highest BCUT2D eigenvalue weighted by molar-refractivity contribution is 5.85. The smallest absolute Gasteiger partial charge is 0.224 e. The molecule has 1 aromatic rings. The van der Waals surface area contributed by atoms with Gasteiger partial charge in [0, 0.05) is 12.1 Å². The van der Waals surface area contributed by atoms with E-state index in [-0.39, 0.29) is 42.6 Å². The summed E-state index contributed by atoms with van der Waals surface area (Å²) < 4.78 is 18.6. The van der Waals surface area contributed by atoms with Crippen molar-refractivity contribution >= 4 is 18.3 Å². The Bertz CT molecular complexity index is 570. The van der Waals surface area contributed by atoms with Crippen molar-refractivity contribution in [3.63, 3.8) is 0 Å². The largest absolute Gasteiger partial charge is 0.494 e. The normalized spacial score (nSPS) is 28.6. The highest BCUT2D eigenvalue weighted by Gasteiger charge is 2.39. The molecule has 0 saturated heterocycles. The van der Waals surface area contributed by atoms with Crippen LogP contribution in [0.25, 0.3) is 0 Å². The molecule has 0 aliphatic heterocycles. The molecule has 1 amide bonds. The number of nitrogens with one attached hydrogen (secondary N) is 1. The van der Waals surface area contributed by atoms with E-state index in [1.165, 1.54) is 19.6 Å². The summed E-state index contributed by atoms with van der Waals surface area (Å²) in [5.41, 5.74) is 6.78. The van der Waals surface area contributed by atoms with Crippen molar-refractivity contribution in [2.75, 3.05) is 7.11 Å². The number of hydrogen-bond donors (Lipinski definition) is 2. The highest BCUT2D eigenvalue weighted by atomic mass is 35.5. The molecule has 2 aliphatic rings. The first-order valence-electron chi connectivity index (χ1n) is 8.44. The summed E-state index contributed by atoms with van der Waals surface area (Å²) in [6.07, 6.45) is 5.72. The van der Waals surface area contributed by atoms with Gasteiger partial charge in [-0.25, -0.2) is 4.39 Å². The topological polar surface area (TPSA) is 64.3 Å². The lowest BCUT2D eigenvalue weighted by atomic mass is 9.67. The Hall–Kier alpha value is -1.33. The van der Waals surface area contributed by atoms with E-state index in [1.807, 2.05) is 0 Å². The summed E-state index contributed by atoms with van der Waals surface area (Å²) in [4.78, 5) is 12.4. The van der Waals surface area contributed by atoms with Crippen molar-refractivity contribution in [1.29, 1.82) is 0 Å². The third-order valence-corrected chi connectivity index (χ3v) is 5.29. The molecule has 2 saturated carbocycles. The van der Waals surface area contributed by atoms with Crippen molar-refractivity contribution in [1.82, 2.24) is 5.32 Å². The van der Waals surface area contributed by atoms with Crippen molar-refractivity contribution < 1.29 is 13.9 Å². The van der Waals surface area contributed by atoms with Gasteiger partial charge in [-0.2, -0.15) is 0 Å². The second-order valence-corrected chi connectivity index (χ2v) is 6.92. The third-order valence-electron chi connectivity index (χ3n) is 5.29. The minimum absolute atomic E-state index is 0. The van der Waals surface area contributed by atoms with Crippen LogP contribution in [-0.4, -0.2) is 25.1 Å². The lowest BCUT2D eigenvalue weighted by molar-refractivity contribution is -0.122. The fraction of sp³-hybridized carbons (Fsp3) is 0.611. The van der Waals surface area contributed by atoms with Crippen LogP contribution in [0.15, 0.2) is 18.2 Å². The summed E-state index contributed by atoms with van der Waals surface area (Å²) in [7, 11) is 1.43. The van der Waals surface area contributed by atoms with Crippen LogP contribution < -0.4 is 15.8 Å². The van der Waals surface area contributed by atoms with Gasteiger partial charge in [0.2, 0.25) is 5.91 Å². The van der Waals surface area contributed by atoms with Gasteiger partial charge in [-0.15, -0.1) is 12.4 Å². The molecular formula is C18H26ClFN2O2. The van der Waals surface area contributed by atoms with E-state index in [0.717, 1.165) is 25.7 Å². The Labute approximate surface area is 148 Å². The molecule has 6 heteroatoms. The second kappa shape index (κ2) is 8.17. The molecule has 0 radical (unpaired) electrons. The minimum Gasteiger partial charge on any atom is -0.494 e. The van der Waals surface area contributed by atoms with Crippen LogP contribution in [0.1, 0.15) is 37.7 Å². The van der Waals surface area contributed by atoms with Crippen molar-refractivity contribution in [2.45, 2.75) is 50.6 Å². The number of fused-ring (bicyclic) bond motifs is 2. The van der Waals surface area contributed by atoms with Gasteiger partial charge in [0.25, 0.3) is 0 Å². The fourth-order valence-corrected chi connectivity index (χ4v) is 4.27. The number of carbonyl (C=O) groups is 1. The number of halogens is 2. The molecule has 3 N–H and O–H groups in total. The highest BCUT2D eigenvalue weighted by Crippen LogP contribution is 2.39. The fourth-order valence-electron chi connectivity index (χ4n) is 4.27. The van der Waals surface area contributed by atoms with Gasteiger partial charge >= 0.3 is 0 Å². The average Bonchev–Trinajstić information content (AvgIpc) is 2.48. The number of carbonyl (C=O) groups excluding carboxylic acids is 1. The molecule has 2 fully saturated rings. The molecular weight excluding hydrogens is 331 g/mol. The van der Waals surface area contributed by atoms with E-state index >= 15 is 0 Å². The first kappa shape index (κ1) is 19.0. The van der Waals surface area contributed by atoms with Crippen molar-refractivity contribution in [2.24, 2.45) is 17.6 Å². The number of ether oxygens (including phenoxy) is 1. The zero-order chi connectivity index (χ0) is 16.4. The van der Waals surface area contributed by atoms with Crippen LogP contribution in [0.5, 0.6) is 5.75 Å². The summed E-state index contributed by atoms with van der Waals surface area (Å²) >= 11 is 0. The Morgan fingerprint density at radius 1 is 1.33 bits per heavy atom. The molecule has 2 unspecified atom stereocenters. The van der Waals surface area contributed by atoms with E-state index in [0.29, 0.717) is 17.4 Å². The molecule has 3 rings (SSSR count). The zero-order valence-electron chi connectivity index (χ0n) is 14.0. The minimum atomic E-state index is -0.432. The summed E-state index contributed by atoms with van der Waals surface area (Å²) in [6, 6.07) is 5.18. The molecule has 0 heterocycles. The van der Waals surface area contributed by atoms with E-state index in [1.54, 1.807) is 12.1 Å². The zero-order valence-corrected chi connectivity index (χ0v) is 14.8. The Morgan fingerprint density at radius 2 is 2.00 bits per heavy atom. The molecule has 0 aromatic heterocycles. The number of nitrogens with two attached hydrogens (primary N) is 1. The van der Waals surface area contributed by atoms with E-state index in [4.69, 9.17) is 10.5 Å². The second-order valence-electron chi connectivity index (χ2n) is 6.92. The Kier molecular flexibility index (Phi) is 6.47. The SMILES string of the molecule is COc1ccc(CC(=O)NC2C3CCCC2CC(N)C3)cc1F.Cl. The third kappa shape index (κ3) is 4.19. The summed E-state index contributed by atoms with van der Waals surface area (Å²) in [5, 5.41) is 3.19. The van der Waals surface area contributed by atoms with E-state index < -0.39 is 5.82 Å². The molecule has 134 valence electrons. The van der Waals surface area contributed by atoms with Gasteiger partial charge in [0.05, 0.1) is 13.5 Å². The quantitative estimate of drug-likeness (QED) is 0.871. The standard InChI is InChI=1S/C18H25FN2O2.ClH/c1-23-16-6-5-11(7-15(16)19)8-17(22)21-18-12-3-2-4-13(18)10-14(20)9-12;/h5-7,12-14,18H,2-4,8-10,20H2,1H3,(H,21,22);1H. The first-order chi connectivity index (χ1) is 11.1. The van der Waals surface area contributed by atoms with Crippen LogP contribution in [0.3, 0.4) is 0 Å². The molecule has 4 nitrogen and oxygen atoms in total. The monoisotopic (exact) mass is 356 g/mol. The average molecular weight is 357 g/mol. The predicted octanol–water partition coefficient (Wildman–Crippen LogP) is 2.82. The van der Waals surface area contributed by atoms with E-state index in [2.05, 4.69) is 5.32 Å². The molecule has 2 atom stereocenters. The van der Waals surface area contributed by atoms with Crippen LogP contribution in [-0.2, 0) is 11.2 Å². The van der Waals surface area contributed by atoms with Gasteiger partial charge < -0.3 is 15.8 Å². The van der Waals surface area contributed by atoms with Crippen LogP contribution in [0, 0.1) is 17.7 Å². The number of rotatable bonds is 4. The lowest BCUT2D eigenvalue weighted by Gasteiger charge is -2.45. The van der Waals surface area contributed by atoms with Crippen LogP contribution in [0.2, 0.25) is 0 Å². The van der Waals surface area contributed by atoms with Gasteiger partial charge in [0.1, 0.15) is 0 Å². The van der Waals surface area contributed by atoms with Gasteiger partial charge in [-0.1, -0.05) is 12.5 Å². The maximum absolute atomic E-state index is 13.7. The van der Waals surface area contributed by atoms with E-state index in [9.17, 15) is 9.18 Å². The van der Waals surface area contributed by atoms with Gasteiger partial charge in [-0.05, 0) is 55.2 Å². The number of amides is 1. The Morgan fingerprint density at radius 3 is 2.58 bits per heavy atom. The maximum atomic E-state index is 13.7. The lowest BCUT2D eigenvalue weighted by Crippen LogP contribution is -2.54. The van der Waals surface area contributed by atoms with Crippen LogP contribution >= 0.6 is 12.4 Å². The number of hydrogen-bond acceptors (Lipinski definition) is 3. The molecule has 24 heavy (non-hydrogen) atoms. The molecule has 1 aromatic carbocycles. The summed E-state index contributed by atoms with van der Waals surface area (Å²) in [6.45, 7) is 0. The molecule has 2 aliphatic carbocycles. The van der Waals surface area contributed by atoms with Crippen molar-refractivity contribution in [3.05, 3.63) is 29.6 Å². The van der Waals surface area contributed by atoms with Crippen molar-refractivity contribution in [3.8, 4) is 5.75 Å². The number of methoxy groups -OCH3 is 1.